The van der Waals surface area contributed by atoms with Crippen molar-refractivity contribution >= 4 is 34.0 Å². The van der Waals surface area contributed by atoms with Crippen LogP contribution < -0.4 is 15.4 Å². The molecule has 2 N–H and O–H groups in total. The molecular formula is C29H25ClF5N7O. The third kappa shape index (κ3) is 7.17. The van der Waals surface area contributed by atoms with Crippen LogP contribution in [0, 0.1) is 11.6 Å². The molecule has 0 amide bonds. The number of fused-ring (bicyclic) bond motifs is 1. The van der Waals surface area contributed by atoms with E-state index in [1.165, 1.54) is 23.3 Å². The predicted octanol–water partition coefficient (Wildman–Crippen LogP) is 6.70. The molecule has 14 heteroatoms. The SMILES string of the molecule is CCOc1cc(F)c(Cn2nc(-c3ncc(CCNCC(F)(F)F)c(Nc4ccncc4Cl)n3)c3ccccc32)c(F)c1. The molecule has 8 nitrogen and oxygen atoms in total. The van der Waals surface area contributed by atoms with E-state index in [4.69, 9.17) is 16.3 Å². The topological polar surface area (TPSA) is 89.8 Å². The van der Waals surface area contributed by atoms with E-state index in [1.807, 2.05) is 0 Å². The molecule has 43 heavy (non-hydrogen) atoms. The van der Waals surface area contributed by atoms with E-state index in [9.17, 15) is 22.0 Å². The molecule has 224 valence electrons. The Morgan fingerprint density at radius 1 is 1.05 bits per heavy atom. The summed E-state index contributed by atoms with van der Waals surface area (Å²) in [6.45, 7) is 0.637. The number of nitrogens with zero attached hydrogens (tertiary/aromatic N) is 5. The van der Waals surface area contributed by atoms with E-state index in [2.05, 4.69) is 30.7 Å². The molecule has 0 spiro atoms. The lowest BCUT2D eigenvalue weighted by Gasteiger charge is -2.14. The van der Waals surface area contributed by atoms with Gasteiger partial charge in [0, 0.05) is 47.2 Å². The number of hydrogen-bond acceptors (Lipinski definition) is 7. The maximum Gasteiger partial charge on any atom is 0.401 e. The third-order valence-electron chi connectivity index (χ3n) is 6.39. The predicted molar refractivity (Wildman–Crippen MR) is 153 cm³/mol. The summed E-state index contributed by atoms with van der Waals surface area (Å²) < 4.78 is 74.3. The summed E-state index contributed by atoms with van der Waals surface area (Å²) in [6.07, 6.45) is 0.282. The van der Waals surface area contributed by atoms with E-state index >= 15 is 0 Å². The van der Waals surface area contributed by atoms with Gasteiger partial charge in [-0.1, -0.05) is 29.8 Å². The zero-order chi connectivity index (χ0) is 30.6. The Labute approximate surface area is 247 Å². The molecule has 3 aromatic heterocycles. The average molecular weight is 618 g/mol. The molecule has 5 aromatic rings. The second-order valence-electron chi connectivity index (χ2n) is 9.41. The molecule has 0 radical (unpaired) electrons. The Bertz CT molecular complexity index is 1720. The van der Waals surface area contributed by atoms with Gasteiger partial charge in [0.05, 0.1) is 35.9 Å². The van der Waals surface area contributed by atoms with Crippen LogP contribution in [0.3, 0.4) is 0 Å². The Morgan fingerprint density at radius 2 is 1.81 bits per heavy atom. The molecule has 0 bridgehead atoms. The number of halogens is 6. The fourth-order valence-corrected chi connectivity index (χ4v) is 4.58. The van der Waals surface area contributed by atoms with E-state index in [0.717, 1.165) is 12.1 Å². The molecular weight excluding hydrogens is 593 g/mol. The minimum Gasteiger partial charge on any atom is -0.494 e. The van der Waals surface area contributed by atoms with Gasteiger partial charge < -0.3 is 15.4 Å². The van der Waals surface area contributed by atoms with Crippen LogP contribution in [-0.4, -0.2) is 50.6 Å². The minimum atomic E-state index is -4.34. The van der Waals surface area contributed by atoms with Gasteiger partial charge in [0.2, 0.25) is 0 Å². The van der Waals surface area contributed by atoms with Crippen LogP contribution in [0.2, 0.25) is 5.02 Å². The van der Waals surface area contributed by atoms with Crippen LogP contribution in [0.5, 0.6) is 5.75 Å². The standard InChI is InChI=1S/C29H25ClF5N7O/c1-2-43-18-11-22(31)20(23(32)12-18)15-42-25-6-4-3-5-19(25)26(41-42)28-38-13-17(7-9-37-16-29(33,34)35)27(40-28)39-24-8-10-36-14-21(24)30/h3-6,8,10-14,37H,2,7,9,15-16H2,1H3,(H,36,38,39,40). The summed E-state index contributed by atoms with van der Waals surface area (Å²) in [4.78, 5) is 13.1. The summed E-state index contributed by atoms with van der Waals surface area (Å²) in [5.41, 5.74) is 1.73. The van der Waals surface area contributed by atoms with Crippen molar-refractivity contribution in [2.45, 2.75) is 26.1 Å². The van der Waals surface area contributed by atoms with Crippen LogP contribution in [0.1, 0.15) is 18.1 Å². The Hall–Kier alpha value is -4.36. The zero-order valence-corrected chi connectivity index (χ0v) is 23.5. The second kappa shape index (κ2) is 12.9. The number of benzene rings is 2. The lowest BCUT2D eigenvalue weighted by Crippen LogP contribution is -2.30. The highest BCUT2D eigenvalue weighted by molar-refractivity contribution is 6.33. The number of nitrogens with one attached hydrogen (secondary N) is 2. The lowest BCUT2D eigenvalue weighted by molar-refractivity contribution is -0.124. The van der Waals surface area contributed by atoms with E-state index in [-0.39, 0.29) is 43.3 Å². The summed E-state index contributed by atoms with van der Waals surface area (Å²) in [6, 6.07) is 11.0. The number of hydrogen-bond donors (Lipinski definition) is 2. The van der Waals surface area contributed by atoms with Crippen LogP contribution in [0.15, 0.2) is 61.1 Å². The van der Waals surface area contributed by atoms with E-state index in [0.29, 0.717) is 38.7 Å². The van der Waals surface area contributed by atoms with Gasteiger partial charge in [0.15, 0.2) is 5.82 Å². The summed E-state index contributed by atoms with van der Waals surface area (Å²) in [7, 11) is 0. The number of pyridine rings is 1. The van der Waals surface area contributed by atoms with Crippen molar-refractivity contribution < 1.29 is 26.7 Å². The van der Waals surface area contributed by atoms with Gasteiger partial charge >= 0.3 is 6.18 Å². The van der Waals surface area contributed by atoms with Gasteiger partial charge in [-0.3, -0.25) is 9.67 Å². The van der Waals surface area contributed by atoms with Gasteiger partial charge in [-0.2, -0.15) is 18.3 Å². The van der Waals surface area contributed by atoms with Crippen LogP contribution in [0.25, 0.3) is 22.4 Å². The van der Waals surface area contributed by atoms with Crippen molar-refractivity contribution in [3.05, 3.63) is 88.8 Å². The first-order valence-electron chi connectivity index (χ1n) is 13.2. The Morgan fingerprint density at radius 3 is 2.53 bits per heavy atom. The van der Waals surface area contributed by atoms with Crippen molar-refractivity contribution in [2.24, 2.45) is 0 Å². The molecule has 0 aliphatic carbocycles. The number of anilines is 2. The van der Waals surface area contributed by atoms with Crippen LogP contribution in [0.4, 0.5) is 33.5 Å². The molecule has 0 fully saturated rings. The third-order valence-corrected chi connectivity index (χ3v) is 6.69. The van der Waals surface area contributed by atoms with Gasteiger partial charge in [-0.15, -0.1) is 0 Å². The van der Waals surface area contributed by atoms with E-state index in [1.54, 1.807) is 37.3 Å². The molecule has 3 heterocycles. The second-order valence-corrected chi connectivity index (χ2v) is 9.82. The minimum absolute atomic E-state index is 0.0117. The first-order chi connectivity index (χ1) is 20.6. The van der Waals surface area contributed by atoms with Gasteiger partial charge in [-0.05, 0) is 32.0 Å². The van der Waals surface area contributed by atoms with Gasteiger partial charge in [0.1, 0.15) is 28.9 Å². The highest BCUT2D eigenvalue weighted by atomic mass is 35.5. The van der Waals surface area contributed by atoms with Crippen molar-refractivity contribution in [3.8, 4) is 17.3 Å². The molecule has 2 aromatic carbocycles. The maximum absolute atomic E-state index is 14.9. The number of ether oxygens (including phenoxy) is 1. The quantitative estimate of drug-likeness (QED) is 0.126. The molecule has 0 aliphatic heterocycles. The molecule has 5 rings (SSSR count). The maximum atomic E-state index is 14.9. The van der Waals surface area contributed by atoms with Crippen LogP contribution in [-0.2, 0) is 13.0 Å². The molecule has 0 saturated heterocycles. The largest absolute Gasteiger partial charge is 0.494 e. The highest BCUT2D eigenvalue weighted by Crippen LogP contribution is 2.31. The van der Waals surface area contributed by atoms with Gasteiger partial charge in [-0.25, -0.2) is 18.7 Å². The number of alkyl halides is 3. The number of aromatic nitrogens is 5. The summed E-state index contributed by atoms with van der Waals surface area (Å²) >= 11 is 6.28. The van der Waals surface area contributed by atoms with E-state index < -0.39 is 24.4 Å². The van der Waals surface area contributed by atoms with Crippen LogP contribution >= 0.6 is 11.6 Å². The van der Waals surface area contributed by atoms with Gasteiger partial charge in [0.25, 0.3) is 0 Å². The molecule has 0 aliphatic rings. The Balaban J connectivity index is 1.52. The normalized spacial score (nSPS) is 11.7. The average Bonchev–Trinajstić information content (AvgIpc) is 3.33. The molecule has 0 saturated carbocycles. The summed E-state index contributed by atoms with van der Waals surface area (Å²) in [5, 5.41) is 11.0. The fourth-order valence-electron chi connectivity index (χ4n) is 4.41. The monoisotopic (exact) mass is 617 g/mol. The number of rotatable bonds is 11. The summed E-state index contributed by atoms with van der Waals surface area (Å²) in [5.74, 6) is -0.977. The smallest absolute Gasteiger partial charge is 0.401 e. The number of para-hydroxylation sites is 1. The first kappa shape index (κ1) is 30.1. The van der Waals surface area contributed by atoms with Crippen molar-refractivity contribution in [2.75, 3.05) is 25.0 Å². The zero-order valence-electron chi connectivity index (χ0n) is 22.7. The molecule has 0 unspecified atom stereocenters. The van der Waals surface area contributed by atoms with Crippen molar-refractivity contribution in [1.29, 1.82) is 0 Å². The fraction of sp³-hybridized carbons (Fsp3) is 0.241. The Kier molecular flexibility index (Phi) is 9.02. The lowest BCUT2D eigenvalue weighted by atomic mass is 10.1. The first-order valence-corrected chi connectivity index (χ1v) is 13.6. The van der Waals surface area contributed by atoms with Crippen molar-refractivity contribution in [1.82, 2.24) is 30.0 Å². The molecule has 0 atom stereocenters. The van der Waals surface area contributed by atoms with Crippen molar-refractivity contribution in [3.63, 3.8) is 0 Å². The highest BCUT2D eigenvalue weighted by Gasteiger charge is 2.26.